The van der Waals surface area contributed by atoms with Gasteiger partial charge in [0.2, 0.25) is 0 Å². The average molecular weight is 259 g/mol. The van der Waals surface area contributed by atoms with Gasteiger partial charge in [0.15, 0.2) is 4.34 Å². The zero-order valence-corrected chi connectivity index (χ0v) is 11.2. The fourth-order valence-corrected chi connectivity index (χ4v) is 4.03. The molecule has 6 heteroatoms. The van der Waals surface area contributed by atoms with E-state index in [0.717, 1.165) is 35.5 Å². The van der Waals surface area contributed by atoms with Gasteiger partial charge in [-0.05, 0) is 19.9 Å². The summed E-state index contributed by atoms with van der Waals surface area (Å²) in [5.74, 6) is 0. The molecule has 90 valence electrons. The molecule has 0 bridgehead atoms. The molecule has 0 aliphatic carbocycles. The third-order valence-corrected chi connectivity index (χ3v) is 4.75. The van der Waals surface area contributed by atoms with Crippen LogP contribution in [0.25, 0.3) is 0 Å². The number of rotatable bonds is 4. The molecule has 0 spiro atoms. The molecule has 1 fully saturated rings. The first-order chi connectivity index (χ1) is 7.79. The largest absolute Gasteiger partial charge is 0.380 e. The second-order valence-corrected chi connectivity index (χ2v) is 6.44. The Hall–Kier alpha value is -0.170. The van der Waals surface area contributed by atoms with E-state index in [2.05, 4.69) is 22.4 Å². The van der Waals surface area contributed by atoms with Gasteiger partial charge in [-0.25, -0.2) is 0 Å². The van der Waals surface area contributed by atoms with Crippen LogP contribution in [-0.4, -0.2) is 41.2 Å². The first kappa shape index (κ1) is 12.3. The van der Waals surface area contributed by atoms with E-state index in [1.54, 1.807) is 23.1 Å². The second-order valence-electron chi connectivity index (χ2n) is 3.77. The number of thioether (sulfide) groups is 1. The van der Waals surface area contributed by atoms with Gasteiger partial charge in [-0.2, -0.15) is 0 Å². The van der Waals surface area contributed by atoms with E-state index in [1.165, 1.54) is 0 Å². The lowest BCUT2D eigenvalue weighted by Crippen LogP contribution is -2.44. The van der Waals surface area contributed by atoms with Crippen molar-refractivity contribution in [3.8, 4) is 0 Å². The van der Waals surface area contributed by atoms with Crippen molar-refractivity contribution >= 4 is 23.1 Å². The van der Waals surface area contributed by atoms with Crippen LogP contribution in [0.15, 0.2) is 4.34 Å². The number of aryl methyl sites for hydroxylation is 1. The van der Waals surface area contributed by atoms with Crippen molar-refractivity contribution in [3.05, 3.63) is 5.01 Å². The molecule has 2 rings (SSSR count). The zero-order valence-electron chi connectivity index (χ0n) is 9.60. The Morgan fingerprint density at radius 1 is 1.56 bits per heavy atom. The van der Waals surface area contributed by atoms with E-state index in [1.807, 2.05) is 6.92 Å². The summed E-state index contributed by atoms with van der Waals surface area (Å²) < 4.78 is 6.59. The maximum Gasteiger partial charge on any atom is 0.174 e. The quantitative estimate of drug-likeness (QED) is 0.892. The highest BCUT2D eigenvalue weighted by Crippen LogP contribution is 2.30. The standard InChI is InChI=1S/C10H17N3OS2/c1-3-11-8-4-5-14-6-9(8)16-10-13-12-7(2)15-10/h8-9,11H,3-6H2,1-2H3. The first-order valence-corrected chi connectivity index (χ1v) is 7.27. The molecule has 1 aliphatic heterocycles. The van der Waals surface area contributed by atoms with Gasteiger partial charge in [-0.1, -0.05) is 30.0 Å². The van der Waals surface area contributed by atoms with E-state index < -0.39 is 0 Å². The van der Waals surface area contributed by atoms with Crippen molar-refractivity contribution in [1.82, 2.24) is 15.5 Å². The normalized spacial score (nSPS) is 25.9. The predicted molar refractivity (Wildman–Crippen MR) is 67.2 cm³/mol. The summed E-state index contributed by atoms with van der Waals surface area (Å²) in [6, 6.07) is 0.535. The molecule has 1 aromatic heterocycles. The number of hydrogen-bond donors (Lipinski definition) is 1. The lowest BCUT2D eigenvalue weighted by molar-refractivity contribution is 0.0837. The molecule has 2 atom stereocenters. The highest BCUT2D eigenvalue weighted by atomic mass is 32.2. The van der Waals surface area contributed by atoms with Crippen LogP contribution >= 0.6 is 23.1 Å². The highest BCUT2D eigenvalue weighted by molar-refractivity contribution is 8.01. The Bertz CT molecular complexity index is 330. The molecule has 1 aromatic rings. The summed E-state index contributed by atoms with van der Waals surface area (Å²) >= 11 is 3.45. The predicted octanol–water partition coefficient (Wildman–Crippen LogP) is 1.71. The number of aromatic nitrogens is 2. The summed E-state index contributed by atoms with van der Waals surface area (Å²) in [5.41, 5.74) is 0. The Labute approximate surface area is 104 Å². The smallest absolute Gasteiger partial charge is 0.174 e. The Balaban J connectivity index is 1.95. The number of nitrogens with zero attached hydrogens (tertiary/aromatic N) is 2. The van der Waals surface area contributed by atoms with E-state index in [0.29, 0.717) is 11.3 Å². The monoisotopic (exact) mass is 259 g/mol. The maximum atomic E-state index is 5.53. The van der Waals surface area contributed by atoms with Crippen LogP contribution in [0.2, 0.25) is 0 Å². The highest BCUT2D eigenvalue weighted by Gasteiger charge is 2.26. The molecule has 2 unspecified atom stereocenters. The van der Waals surface area contributed by atoms with Gasteiger partial charge in [0, 0.05) is 12.6 Å². The van der Waals surface area contributed by atoms with Gasteiger partial charge in [-0.15, -0.1) is 10.2 Å². The van der Waals surface area contributed by atoms with Crippen molar-refractivity contribution in [3.63, 3.8) is 0 Å². The Morgan fingerprint density at radius 2 is 2.44 bits per heavy atom. The summed E-state index contributed by atoms with van der Waals surface area (Å²) in [6.07, 6.45) is 1.09. The minimum absolute atomic E-state index is 0.459. The molecule has 0 radical (unpaired) electrons. The maximum absolute atomic E-state index is 5.53. The molecular weight excluding hydrogens is 242 g/mol. The number of hydrogen-bond acceptors (Lipinski definition) is 6. The van der Waals surface area contributed by atoms with E-state index in [9.17, 15) is 0 Å². The van der Waals surface area contributed by atoms with Crippen molar-refractivity contribution in [1.29, 1.82) is 0 Å². The minimum Gasteiger partial charge on any atom is -0.380 e. The molecule has 4 nitrogen and oxygen atoms in total. The molecule has 0 aromatic carbocycles. The fraction of sp³-hybridized carbons (Fsp3) is 0.800. The fourth-order valence-electron chi connectivity index (χ4n) is 1.78. The lowest BCUT2D eigenvalue weighted by atomic mass is 10.1. The molecular formula is C10H17N3OS2. The van der Waals surface area contributed by atoms with Crippen LogP contribution in [0.3, 0.4) is 0 Å². The van der Waals surface area contributed by atoms with E-state index in [4.69, 9.17) is 4.74 Å². The van der Waals surface area contributed by atoms with Crippen LogP contribution in [0.4, 0.5) is 0 Å². The van der Waals surface area contributed by atoms with Gasteiger partial charge in [-0.3, -0.25) is 0 Å². The molecule has 1 saturated heterocycles. The molecule has 1 N–H and O–H groups in total. The molecule has 0 saturated carbocycles. The summed E-state index contributed by atoms with van der Waals surface area (Å²) in [5, 5.41) is 13.2. The van der Waals surface area contributed by atoms with Crippen LogP contribution in [0.5, 0.6) is 0 Å². The van der Waals surface area contributed by atoms with Gasteiger partial charge >= 0.3 is 0 Å². The summed E-state index contributed by atoms with van der Waals surface area (Å²) in [7, 11) is 0. The van der Waals surface area contributed by atoms with Gasteiger partial charge in [0.05, 0.1) is 11.9 Å². The van der Waals surface area contributed by atoms with Gasteiger partial charge in [0.1, 0.15) is 5.01 Å². The molecule has 0 amide bonds. The molecule has 2 heterocycles. The van der Waals surface area contributed by atoms with Crippen LogP contribution in [0, 0.1) is 6.92 Å². The second kappa shape index (κ2) is 5.95. The summed E-state index contributed by atoms with van der Waals surface area (Å²) in [6.45, 7) is 6.81. The first-order valence-electron chi connectivity index (χ1n) is 5.57. The van der Waals surface area contributed by atoms with E-state index >= 15 is 0 Å². The molecule has 1 aliphatic rings. The Kier molecular flexibility index (Phi) is 4.57. The third kappa shape index (κ3) is 3.16. The lowest BCUT2D eigenvalue weighted by Gasteiger charge is -2.30. The van der Waals surface area contributed by atoms with Crippen LogP contribution in [0.1, 0.15) is 18.4 Å². The SMILES string of the molecule is CCNC1CCOCC1Sc1nnc(C)s1. The van der Waals surface area contributed by atoms with Gasteiger partial charge in [0.25, 0.3) is 0 Å². The topological polar surface area (TPSA) is 47.0 Å². The zero-order chi connectivity index (χ0) is 11.4. The van der Waals surface area contributed by atoms with Crippen molar-refractivity contribution in [2.45, 2.75) is 35.9 Å². The number of ether oxygens (including phenoxy) is 1. The number of nitrogens with one attached hydrogen (secondary N) is 1. The van der Waals surface area contributed by atoms with Crippen molar-refractivity contribution in [2.24, 2.45) is 0 Å². The van der Waals surface area contributed by atoms with Crippen molar-refractivity contribution in [2.75, 3.05) is 19.8 Å². The average Bonchev–Trinajstić information content (AvgIpc) is 2.67. The van der Waals surface area contributed by atoms with E-state index in [-0.39, 0.29) is 0 Å². The van der Waals surface area contributed by atoms with Crippen LogP contribution < -0.4 is 5.32 Å². The third-order valence-electron chi connectivity index (χ3n) is 2.53. The Morgan fingerprint density at radius 3 is 3.12 bits per heavy atom. The van der Waals surface area contributed by atoms with Gasteiger partial charge < -0.3 is 10.1 Å². The minimum atomic E-state index is 0.459. The molecule has 16 heavy (non-hydrogen) atoms. The summed E-state index contributed by atoms with van der Waals surface area (Å²) in [4.78, 5) is 0. The van der Waals surface area contributed by atoms with Crippen molar-refractivity contribution < 1.29 is 4.74 Å². The van der Waals surface area contributed by atoms with Crippen LogP contribution in [-0.2, 0) is 4.74 Å².